The maximum absolute atomic E-state index is 12.4. The fourth-order valence-electron chi connectivity index (χ4n) is 3.81. The van der Waals surface area contributed by atoms with Crippen LogP contribution in [0.5, 0.6) is 0 Å². The number of aryl methyl sites for hydroxylation is 1. The Morgan fingerprint density at radius 1 is 1.35 bits per heavy atom. The molecule has 2 amide bonds. The number of urea groups is 1. The smallest absolute Gasteiger partial charge is 0.317 e. The highest BCUT2D eigenvalue weighted by molar-refractivity contribution is 5.74. The van der Waals surface area contributed by atoms with Crippen LogP contribution in [0.2, 0.25) is 0 Å². The molecule has 1 aromatic heterocycles. The number of hydrogen-bond donors (Lipinski definition) is 2. The molecule has 0 radical (unpaired) electrons. The highest BCUT2D eigenvalue weighted by Gasteiger charge is 2.35. The summed E-state index contributed by atoms with van der Waals surface area (Å²) in [6.07, 6.45) is 8.83. The second-order valence-corrected chi connectivity index (χ2v) is 7.45. The molecule has 2 fully saturated rings. The van der Waals surface area contributed by atoms with Crippen LogP contribution in [0.25, 0.3) is 0 Å². The Labute approximate surface area is 138 Å². The van der Waals surface area contributed by atoms with Gasteiger partial charge in [0.05, 0.1) is 12.0 Å². The third-order valence-corrected chi connectivity index (χ3v) is 5.43. The van der Waals surface area contributed by atoms with Gasteiger partial charge >= 0.3 is 6.03 Å². The van der Waals surface area contributed by atoms with E-state index in [0.717, 1.165) is 18.2 Å². The summed E-state index contributed by atoms with van der Waals surface area (Å²) in [4.78, 5) is 18.6. The lowest BCUT2D eigenvalue weighted by molar-refractivity contribution is 0.201. The van der Waals surface area contributed by atoms with E-state index in [-0.39, 0.29) is 18.0 Å². The molecule has 128 valence electrons. The van der Waals surface area contributed by atoms with Gasteiger partial charge in [0.1, 0.15) is 0 Å². The normalized spacial score (nSPS) is 31.3. The zero-order valence-corrected chi connectivity index (χ0v) is 14.2. The molecule has 6 heteroatoms. The summed E-state index contributed by atoms with van der Waals surface area (Å²) in [5.41, 5.74) is 7.21. The van der Waals surface area contributed by atoms with Gasteiger partial charge < -0.3 is 20.5 Å². The zero-order chi connectivity index (χ0) is 16.4. The van der Waals surface area contributed by atoms with Crippen molar-refractivity contribution in [3.8, 4) is 0 Å². The van der Waals surface area contributed by atoms with Crippen molar-refractivity contribution in [1.29, 1.82) is 0 Å². The average Bonchev–Trinajstić information content (AvgIpc) is 3.12. The molecule has 1 saturated carbocycles. The topological polar surface area (TPSA) is 76.2 Å². The van der Waals surface area contributed by atoms with Crippen LogP contribution in [0.3, 0.4) is 0 Å². The third kappa shape index (κ3) is 3.86. The van der Waals surface area contributed by atoms with Crippen molar-refractivity contribution < 1.29 is 4.79 Å². The number of nitrogens with two attached hydrogens (primary N) is 1. The maximum atomic E-state index is 12.4. The first kappa shape index (κ1) is 16.3. The van der Waals surface area contributed by atoms with Crippen molar-refractivity contribution >= 4 is 6.03 Å². The third-order valence-electron chi connectivity index (χ3n) is 5.43. The standard InChI is InChI=1S/C17H29N5O/c1-12-3-5-13(6-4-12)7-19-17(23)22-8-14(15(18)9-22)16-10-21(2)11-20-16/h10-15H,3-9,18H2,1-2H3,(H,19,23)/t12?,13?,14-,15-/m1/s1. The first-order valence-electron chi connectivity index (χ1n) is 8.79. The van der Waals surface area contributed by atoms with Crippen LogP contribution in [0, 0.1) is 11.8 Å². The summed E-state index contributed by atoms with van der Waals surface area (Å²) >= 11 is 0. The Morgan fingerprint density at radius 2 is 2.09 bits per heavy atom. The summed E-state index contributed by atoms with van der Waals surface area (Å²) in [6, 6.07) is -0.0105. The van der Waals surface area contributed by atoms with Gasteiger partial charge in [0.15, 0.2) is 0 Å². The van der Waals surface area contributed by atoms with E-state index in [2.05, 4.69) is 17.2 Å². The van der Waals surface area contributed by atoms with Crippen LogP contribution in [0.1, 0.15) is 44.2 Å². The lowest BCUT2D eigenvalue weighted by Crippen LogP contribution is -2.42. The number of aromatic nitrogens is 2. The van der Waals surface area contributed by atoms with E-state index >= 15 is 0 Å². The zero-order valence-electron chi connectivity index (χ0n) is 14.2. The molecule has 1 aromatic rings. The predicted octanol–water partition coefficient (Wildman–Crippen LogP) is 1.68. The van der Waals surface area contributed by atoms with Crippen LogP contribution < -0.4 is 11.1 Å². The highest BCUT2D eigenvalue weighted by Crippen LogP contribution is 2.28. The summed E-state index contributed by atoms with van der Waals surface area (Å²) < 4.78 is 1.93. The Balaban J connectivity index is 1.49. The van der Waals surface area contributed by atoms with E-state index in [1.807, 2.05) is 22.7 Å². The average molecular weight is 319 g/mol. The fraction of sp³-hybridized carbons (Fsp3) is 0.765. The largest absolute Gasteiger partial charge is 0.340 e. The van der Waals surface area contributed by atoms with Gasteiger partial charge in [0, 0.05) is 44.8 Å². The van der Waals surface area contributed by atoms with Gasteiger partial charge in [-0.3, -0.25) is 0 Å². The number of nitrogens with zero attached hydrogens (tertiary/aromatic N) is 3. The number of carbonyl (C=O) groups is 1. The molecule has 0 aromatic carbocycles. The van der Waals surface area contributed by atoms with Crippen molar-refractivity contribution in [2.45, 2.75) is 44.6 Å². The van der Waals surface area contributed by atoms with Gasteiger partial charge in [-0.2, -0.15) is 0 Å². The second kappa shape index (κ2) is 6.91. The molecule has 2 aliphatic rings. The molecule has 6 nitrogen and oxygen atoms in total. The van der Waals surface area contributed by atoms with E-state index in [1.165, 1.54) is 25.7 Å². The monoisotopic (exact) mass is 319 g/mol. The van der Waals surface area contributed by atoms with Gasteiger partial charge in [-0.15, -0.1) is 0 Å². The Morgan fingerprint density at radius 3 is 2.74 bits per heavy atom. The first-order chi connectivity index (χ1) is 11.0. The number of carbonyl (C=O) groups excluding carboxylic acids is 1. The van der Waals surface area contributed by atoms with Crippen LogP contribution in [0.4, 0.5) is 4.79 Å². The maximum Gasteiger partial charge on any atom is 0.317 e. The van der Waals surface area contributed by atoms with Gasteiger partial charge in [-0.25, -0.2) is 9.78 Å². The highest BCUT2D eigenvalue weighted by atomic mass is 16.2. The minimum Gasteiger partial charge on any atom is -0.340 e. The van der Waals surface area contributed by atoms with Crippen molar-refractivity contribution in [3.63, 3.8) is 0 Å². The van der Waals surface area contributed by atoms with E-state index < -0.39 is 0 Å². The van der Waals surface area contributed by atoms with Crippen LogP contribution in [-0.2, 0) is 7.05 Å². The molecule has 1 aliphatic carbocycles. The van der Waals surface area contributed by atoms with E-state index in [1.54, 1.807) is 6.33 Å². The SMILES string of the molecule is CC1CCC(CNC(=O)N2C[C@@H](N)[C@H](c3cn(C)cn3)C2)CC1. The number of amides is 2. The molecular weight excluding hydrogens is 290 g/mol. The van der Waals surface area contributed by atoms with Gasteiger partial charge in [-0.1, -0.05) is 19.8 Å². The molecule has 1 saturated heterocycles. The van der Waals surface area contributed by atoms with Gasteiger partial charge in [0.25, 0.3) is 0 Å². The van der Waals surface area contributed by atoms with Crippen molar-refractivity contribution in [2.24, 2.45) is 24.6 Å². The van der Waals surface area contributed by atoms with Crippen LogP contribution in [0.15, 0.2) is 12.5 Å². The quantitative estimate of drug-likeness (QED) is 0.890. The van der Waals surface area contributed by atoms with Gasteiger partial charge in [-0.05, 0) is 24.7 Å². The molecule has 0 bridgehead atoms. The van der Waals surface area contributed by atoms with Gasteiger partial charge in [0.2, 0.25) is 0 Å². The lowest BCUT2D eigenvalue weighted by atomic mass is 9.83. The molecule has 23 heavy (non-hydrogen) atoms. The number of rotatable bonds is 3. The Kier molecular flexibility index (Phi) is 4.90. The van der Waals surface area contributed by atoms with Crippen LogP contribution >= 0.6 is 0 Å². The summed E-state index contributed by atoms with van der Waals surface area (Å²) in [5.74, 6) is 1.62. The molecule has 3 rings (SSSR count). The van der Waals surface area contributed by atoms with E-state index in [0.29, 0.717) is 19.0 Å². The lowest BCUT2D eigenvalue weighted by Gasteiger charge is -2.27. The summed E-state index contributed by atoms with van der Waals surface area (Å²) in [5, 5.41) is 3.11. The first-order valence-corrected chi connectivity index (χ1v) is 8.79. The Hall–Kier alpha value is -1.56. The molecule has 2 heterocycles. The molecule has 0 spiro atoms. The Bertz CT molecular complexity index is 535. The number of hydrogen-bond acceptors (Lipinski definition) is 3. The minimum absolute atomic E-state index is 0.0255. The van der Waals surface area contributed by atoms with Crippen molar-refractivity contribution in [3.05, 3.63) is 18.2 Å². The molecule has 3 N–H and O–H groups in total. The van der Waals surface area contributed by atoms with E-state index in [4.69, 9.17) is 5.73 Å². The molecule has 0 unspecified atom stereocenters. The number of likely N-dealkylation sites (tertiary alicyclic amines) is 1. The molecule has 2 atom stereocenters. The molecule has 1 aliphatic heterocycles. The molecular formula is C17H29N5O. The van der Waals surface area contributed by atoms with E-state index in [9.17, 15) is 4.79 Å². The van der Waals surface area contributed by atoms with Crippen molar-refractivity contribution in [1.82, 2.24) is 19.8 Å². The fourth-order valence-corrected chi connectivity index (χ4v) is 3.81. The number of imidazole rings is 1. The predicted molar refractivity (Wildman–Crippen MR) is 90.0 cm³/mol. The number of nitrogens with one attached hydrogen (secondary N) is 1. The second-order valence-electron chi connectivity index (χ2n) is 7.45. The summed E-state index contributed by atoms with van der Waals surface area (Å²) in [7, 11) is 1.95. The van der Waals surface area contributed by atoms with Crippen molar-refractivity contribution in [2.75, 3.05) is 19.6 Å². The minimum atomic E-state index is -0.0359. The van der Waals surface area contributed by atoms with Crippen LogP contribution in [-0.4, -0.2) is 46.2 Å². The summed E-state index contributed by atoms with van der Waals surface area (Å²) in [6.45, 7) is 4.38.